The highest BCUT2D eigenvalue weighted by atomic mass is 35.5. The Labute approximate surface area is 128 Å². The third-order valence-electron chi connectivity index (χ3n) is 3.47. The van der Waals surface area contributed by atoms with Crippen LogP contribution in [0, 0.1) is 5.92 Å². The molecule has 2 rings (SSSR count). The van der Waals surface area contributed by atoms with Crippen LogP contribution in [-0.2, 0) is 4.79 Å². The van der Waals surface area contributed by atoms with Crippen LogP contribution >= 0.6 is 23.2 Å². The summed E-state index contributed by atoms with van der Waals surface area (Å²) in [4.78, 5) is 11.7. The van der Waals surface area contributed by atoms with Crippen molar-refractivity contribution >= 4 is 35.2 Å². The first-order valence-electron chi connectivity index (χ1n) is 6.64. The lowest BCUT2D eigenvalue weighted by atomic mass is 10.1. The summed E-state index contributed by atoms with van der Waals surface area (Å²) < 4.78 is 0. The van der Waals surface area contributed by atoms with Crippen molar-refractivity contribution in [3.8, 4) is 0 Å². The van der Waals surface area contributed by atoms with E-state index in [1.165, 1.54) is 6.08 Å². The van der Waals surface area contributed by atoms with Crippen LogP contribution in [0.4, 0.5) is 0 Å². The van der Waals surface area contributed by atoms with Gasteiger partial charge in [-0.1, -0.05) is 35.3 Å². The predicted molar refractivity (Wildman–Crippen MR) is 81.9 cm³/mol. The zero-order valence-corrected chi connectivity index (χ0v) is 12.5. The van der Waals surface area contributed by atoms with Gasteiger partial charge in [0.15, 0.2) is 0 Å². The quantitative estimate of drug-likeness (QED) is 0.838. The largest absolute Gasteiger partial charge is 0.393 e. The van der Waals surface area contributed by atoms with Crippen LogP contribution in [0.25, 0.3) is 6.08 Å². The van der Waals surface area contributed by atoms with Gasteiger partial charge in [-0.05, 0) is 42.9 Å². The number of benzene rings is 1. The van der Waals surface area contributed by atoms with Gasteiger partial charge in [0.25, 0.3) is 0 Å². The van der Waals surface area contributed by atoms with Crippen LogP contribution in [0.2, 0.25) is 10.0 Å². The van der Waals surface area contributed by atoms with Crippen molar-refractivity contribution in [3.63, 3.8) is 0 Å². The van der Waals surface area contributed by atoms with Crippen LogP contribution in [0.1, 0.15) is 24.8 Å². The molecule has 2 atom stereocenters. The van der Waals surface area contributed by atoms with E-state index in [2.05, 4.69) is 5.32 Å². The number of amides is 1. The second kappa shape index (κ2) is 7.11. The molecule has 0 radical (unpaired) electrons. The molecule has 1 saturated carbocycles. The highest BCUT2D eigenvalue weighted by Gasteiger charge is 2.22. The van der Waals surface area contributed by atoms with Gasteiger partial charge in [0.05, 0.1) is 16.1 Å². The van der Waals surface area contributed by atoms with Crippen molar-refractivity contribution in [1.82, 2.24) is 5.32 Å². The first-order chi connectivity index (χ1) is 9.56. The molecular formula is C15H17Cl2NO2. The number of aliphatic hydroxyl groups excluding tert-OH is 1. The molecule has 0 saturated heterocycles. The number of rotatable bonds is 4. The molecule has 0 heterocycles. The normalized spacial score (nSPS) is 22.4. The van der Waals surface area contributed by atoms with Gasteiger partial charge in [-0.25, -0.2) is 0 Å². The Morgan fingerprint density at radius 1 is 1.40 bits per heavy atom. The second-order valence-corrected chi connectivity index (χ2v) is 5.84. The van der Waals surface area contributed by atoms with E-state index in [1.54, 1.807) is 24.3 Å². The number of aliphatic hydroxyl groups is 1. The number of halogens is 2. The van der Waals surface area contributed by atoms with Crippen molar-refractivity contribution < 1.29 is 9.90 Å². The summed E-state index contributed by atoms with van der Waals surface area (Å²) in [5.41, 5.74) is 0.714. The second-order valence-electron chi connectivity index (χ2n) is 5.05. The van der Waals surface area contributed by atoms with Crippen molar-refractivity contribution in [3.05, 3.63) is 39.9 Å². The lowest BCUT2D eigenvalue weighted by molar-refractivity contribution is -0.116. The molecule has 20 heavy (non-hydrogen) atoms. The third-order valence-corrected chi connectivity index (χ3v) is 4.31. The molecule has 3 nitrogen and oxygen atoms in total. The van der Waals surface area contributed by atoms with Crippen LogP contribution in [0.15, 0.2) is 24.3 Å². The van der Waals surface area contributed by atoms with Crippen LogP contribution < -0.4 is 5.32 Å². The van der Waals surface area contributed by atoms with E-state index in [4.69, 9.17) is 23.2 Å². The minimum absolute atomic E-state index is 0.164. The van der Waals surface area contributed by atoms with Gasteiger partial charge in [0.2, 0.25) is 5.91 Å². The molecule has 0 bridgehead atoms. The van der Waals surface area contributed by atoms with E-state index in [-0.39, 0.29) is 12.0 Å². The minimum atomic E-state index is -0.210. The van der Waals surface area contributed by atoms with Gasteiger partial charge in [-0.3, -0.25) is 4.79 Å². The Morgan fingerprint density at radius 3 is 2.90 bits per heavy atom. The van der Waals surface area contributed by atoms with E-state index in [9.17, 15) is 9.90 Å². The molecule has 1 aliphatic rings. The lowest BCUT2D eigenvalue weighted by Crippen LogP contribution is -2.26. The smallest absolute Gasteiger partial charge is 0.244 e. The highest BCUT2D eigenvalue weighted by Crippen LogP contribution is 2.26. The molecule has 0 aliphatic heterocycles. The van der Waals surface area contributed by atoms with Gasteiger partial charge in [0.1, 0.15) is 0 Å². The van der Waals surface area contributed by atoms with E-state index < -0.39 is 0 Å². The molecule has 2 N–H and O–H groups in total. The Kier molecular flexibility index (Phi) is 5.46. The van der Waals surface area contributed by atoms with Crippen LogP contribution in [0.5, 0.6) is 0 Å². The summed E-state index contributed by atoms with van der Waals surface area (Å²) in [6, 6.07) is 5.28. The Hall–Kier alpha value is -1.03. The zero-order chi connectivity index (χ0) is 14.5. The number of hydrogen-bond acceptors (Lipinski definition) is 2. The molecular weight excluding hydrogens is 297 g/mol. The number of carbonyl (C=O) groups is 1. The van der Waals surface area contributed by atoms with Gasteiger partial charge >= 0.3 is 0 Å². The van der Waals surface area contributed by atoms with Crippen molar-refractivity contribution in [2.45, 2.75) is 25.4 Å². The fraction of sp³-hybridized carbons (Fsp3) is 0.400. The molecule has 1 aromatic carbocycles. The van der Waals surface area contributed by atoms with Crippen molar-refractivity contribution in [2.75, 3.05) is 6.54 Å². The summed E-state index contributed by atoms with van der Waals surface area (Å²) in [6.07, 6.45) is 5.44. The molecule has 0 aromatic heterocycles. The highest BCUT2D eigenvalue weighted by molar-refractivity contribution is 6.42. The summed E-state index contributed by atoms with van der Waals surface area (Å²) in [5.74, 6) is 0.208. The van der Waals surface area contributed by atoms with E-state index in [0.29, 0.717) is 28.1 Å². The number of carbonyl (C=O) groups excluding carboxylic acids is 1. The first kappa shape index (κ1) is 15.4. The minimum Gasteiger partial charge on any atom is -0.393 e. The molecule has 2 unspecified atom stereocenters. The first-order valence-corrected chi connectivity index (χ1v) is 7.40. The van der Waals surface area contributed by atoms with Gasteiger partial charge in [-0.2, -0.15) is 0 Å². The Morgan fingerprint density at radius 2 is 2.20 bits per heavy atom. The monoisotopic (exact) mass is 313 g/mol. The molecule has 1 aliphatic carbocycles. The van der Waals surface area contributed by atoms with Gasteiger partial charge in [-0.15, -0.1) is 0 Å². The number of nitrogens with one attached hydrogen (secondary N) is 1. The molecule has 0 spiro atoms. The van der Waals surface area contributed by atoms with E-state index in [0.717, 1.165) is 19.3 Å². The average molecular weight is 314 g/mol. The van der Waals surface area contributed by atoms with E-state index >= 15 is 0 Å². The van der Waals surface area contributed by atoms with Gasteiger partial charge < -0.3 is 10.4 Å². The third kappa shape index (κ3) is 4.23. The predicted octanol–water partition coefficient (Wildman–Crippen LogP) is 3.28. The summed E-state index contributed by atoms with van der Waals surface area (Å²) in [6.45, 7) is 0.601. The van der Waals surface area contributed by atoms with Crippen LogP contribution in [0.3, 0.4) is 0 Å². The Balaban J connectivity index is 1.85. The van der Waals surface area contributed by atoms with E-state index in [1.807, 2.05) is 0 Å². The van der Waals surface area contributed by atoms with Crippen molar-refractivity contribution in [1.29, 1.82) is 0 Å². The zero-order valence-electron chi connectivity index (χ0n) is 11.0. The average Bonchev–Trinajstić information content (AvgIpc) is 2.84. The molecule has 1 aromatic rings. The SMILES string of the molecule is O=C(/C=C/c1cccc(Cl)c1Cl)NCC1CCC(O)C1. The number of hydrogen-bond donors (Lipinski definition) is 2. The molecule has 5 heteroatoms. The molecule has 1 fully saturated rings. The lowest BCUT2D eigenvalue weighted by Gasteiger charge is -2.09. The van der Waals surface area contributed by atoms with Crippen LogP contribution in [-0.4, -0.2) is 23.7 Å². The fourth-order valence-corrected chi connectivity index (χ4v) is 2.72. The molecule has 1 amide bonds. The summed E-state index contributed by atoms with van der Waals surface area (Å²) in [7, 11) is 0. The van der Waals surface area contributed by atoms with Gasteiger partial charge in [0, 0.05) is 12.6 Å². The maximum atomic E-state index is 11.7. The molecule has 108 valence electrons. The summed E-state index contributed by atoms with van der Waals surface area (Å²) >= 11 is 11.9. The maximum Gasteiger partial charge on any atom is 0.244 e. The maximum absolute atomic E-state index is 11.7. The summed E-state index contributed by atoms with van der Waals surface area (Å²) in [5, 5.41) is 13.2. The van der Waals surface area contributed by atoms with Crippen molar-refractivity contribution in [2.24, 2.45) is 5.92 Å². The Bertz CT molecular complexity index is 517. The standard InChI is InChI=1S/C15H17Cl2NO2/c16-13-3-1-2-11(15(13)17)5-7-14(20)18-9-10-4-6-12(19)8-10/h1-3,5,7,10,12,19H,4,6,8-9H2,(H,18,20)/b7-5+. The topological polar surface area (TPSA) is 49.3 Å². The fourth-order valence-electron chi connectivity index (χ4n) is 2.35.